The average molecular weight is 186 g/mol. The quantitative estimate of drug-likeness (QED) is 0.629. The van der Waals surface area contributed by atoms with Crippen LogP contribution in [-0.2, 0) is 4.79 Å². The van der Waals surface area contributed by atoms with Gasteiger partial charge < -0.3 is 11.1 Å². The summed E-state index contributed by atoms with van der Waals surface area (Å²) in [6.07, 6.45) is 2.56. The molecule has 0 saturated heterocycles. The van der Waals surface area contributed by atoms with Crippen molar-refractivity contribution in [3.8, 4) is 0 Å². The lowest BCUT2D eigenvalue weighted by atomic mass is 10.0. The van der Waals surface area contributed by atoms with E-state index >= 15 is 0 Å². The highest BCUT2D eigenvalue weighted by Crippen LogP contribution is 2.07. The second kappa shape index (κ2) is 6.89. The van der Waals surface area contributed by atoms with Gasteiger partial charge in [-0.25, -0.2) is 0 Å². The van der Waals surface area contributed by atoms with Crippen LogP contribution in [0.2, 0.25) is 0 Å². The Labute approximate surface area is 81.1 Å². The molecule has 3 nitrogen and oxygen atoms in total. The van der Waals surface area contributed by atoms with Crippen LogP contribution in [0.4, 0.5) is 0 Å². The smallest absolute Gasteiger partial charge is 0.218 e. The number of nitrogens with one attached hydrogen (secondary N) is 1. The van der Waals surface area contributed by atoms with Gasteiger partial charge in [0.1, 0.15) is 0 Å². The molecule has 78 valence electrons. The maximum atomic E-state index is 10.7. The third-order valence-corrected chi connectivity index (χ3v) is 1.89. The van der Waals surface area contributed by atoms with E-state index in [0.29, 0.717) is 12.3 Å². The van der Waals surface area contributed by atoms with Crippen LogP contribution in [-0.4, -0.2) is 18.5 Å². The normalized spacial score (nSPS) is 13.2. The van der Waals surface area contributed by atoms with E-state index in [0.717, 1.165) is 19.4 Å². The topological polar surface area (TPSA) is 55.1 Å². The van der Waals surface area contributed by atoms with Gasteiger partial charge in [0, 0.05) is 12.5 Å². The summed E-state index contributed by atoms with van der Waals surface area (Å²) >= 11 is 0. The molecule has 0 aromatic heterocycles. The lowest BCUT2D eigenvalue weighted by molar-refractivity contribution is -0.118. The second-order valence-electron chi connectivity index (χ2n) is 3.95. The first-order chi connectivity index (χ1) is 6.06. The van der Waals surface area contributed by atoms with E-state index in [-0.39, 0.29) is 11.9 Å². The van der Waals surface area contributed by atoms with Gasteiger partial charge >= 0.3 is 0 Å². The highest BCUT2D eigenvalue weighted by Gasteiger charge is 2.12. The van der Waals surface area contributed by atoms with Crippen molar-refractivity contribution in [3.63, 3.8) is 0 Å². The van der Waals surface area contributed by atoms with Crippen LogP contribution in [0.3, 0.4) is 0 Å². The van der Waals surface area contributed by atoms with Crippen LogP contribution in [0, 0.1) is 5.92 Å². The molecule has 3 N–H and O–H groups in total. The minimum absolute atomic E-state index is 0.214. The van der Waals surface area contributed by atoms with E-state index in [9.17, 15) is 4.79 Å². The Morgan fingerprint density at radius 3 is 2.46 bits per heavy atom. The highest BCUT2D eigenvalue weighted by molar-refractivity contribution is 5.74. The lowest BCUT2D eigenvalue weighted by Gasteiger charge is -2.18. The molecule has 13 heavy (non-hydrogen) atoms. The first-order valence-corrected chi connectivity index (χ1v) is 5.08. The maximum absolute atomic E-state index is 10.7. The van der Waals surface area contributed by atoms with Crippen LogP contribution in [0.15, 0.2) is 0 Å². The molecule has 1 atom stereocenters. The van der Waals surface area contributed by atoms with Crippen molar-refractivity contribution in [2.24, 2.45) is 11.7 Å². The number of hydrogen-bond acceptors (Lipinski definition) is 2. The number of rotatable bonds is 7. The summed E-state index contributed by atoms with van der Waals surface area (Å²) in [5.74, 6) is 0.392. The molecule has 0 heterocycles. The Morgan fingerprint density at radius 2 is 2.08 bits per heavy atom. The van der Waals surface area contributed by atoms with Gasteiger partial charge in [-0.3, -0.25) is 4.79 Å². The second-order valence-corrected chi connectivity index (χ2v) is 3.95. The van der Waals surface area contributed by atoms with Gasteiger partial charge in [-0.2, -0.15) is 0 Å². The first kappa shape index (κ1) is 12.4. The third-order valence-electron chi connectivity index (χ3n) is 1.89. The highest BCUT2D eigenvalue weighted by atomic mass is 16.1. The zero-order chi connectivity index (χ0) is 10.3. The minimum atomic E-state index is -0.214. The number of carbonyl (C=O) groups is 1. The zero-order valence-corrected chi connectivity index (χ0v) is 8.97. The van der Waals surface area contributed by atoms with Crippen molar-refractivity contribution in [1.82, 2.24) is 5.32 Å². The van der Waals surface area contributed by atoms with Crippen molar-refractivity contribution in [2.45, 2.75) is 46.1 Å². The zero-order valence-electron chi connectivity index (χ0n) is 8.97. The molecule has 0 aliphatic carbocycles. The largest absolute Gasteiger partial charge is 0.370 e. The number of primary amides is 1. The average Bonchev–Trinajstić information content (AvgIpc) is 1.98. The Balaban J connectivity index is 3.80. The van der Waals surface area contributed by atoms with Crippen molar-refractivity contribution in [2.75, 3.05) is 6.54 Å². The molecular formula is C10H22N2O. The molecule has 0 aromatic carbocycles. The van der Waals surface area contributed by atoms with Gasteiger partial charge in [0.05, 0.1) is 0 Å². The fourth-order valence-electron chi connectivity index (χ4n) is 1.40. The molecule has 0 aliphatic heterocycles. The van der Waals surface area contributed by atoms with Gasteiger partial charge in [-0.05, 0) is 25.3 Å². The van der Waals surface area contributed by atoms with E-state index in [4.69, 9.17) is 5.73 Å². The fourth-order valence-corrected chi connectivity index (χ4v) is 1.40. The SMILES string of the molecule is CCCNC(CC(N)=O)CC(C)C. The Morgan fingerprint density at radius 1 is 1.46 bits per heavy atom. The standard InChI is InChI=1S/C10H22N2O/c1-4-5-12-9(6-8(2)3)7-10(11)13/h8-9,12H,4-7H2,1-3H3,(H2,11,13). The number of nitrogens with two attached hydrogens (primary N) is 1. The van der Waals surface area contributed by atoms with Crippen LogP contribution in [0.25, 0.3) is 0 Å². The third kappa shape index (κ3) is 7.78. The molecule has 3 heteroatoms. The van der Waals surface area contributed by atoms with E-state index in [1.165, 1.54) is 0 Å². The summed E-state index contributed by atoms with van der Waals surface area (Å²) in [6, 6.07) is 0.262. The lowest BCUT2D eigenvalue weighted by Crippen LogP contribution is -2.35. The van der Waals surface area contributed by atoms with Crippen molar-refractivity contribution in [3.05, 3.63) is 0 Å². The first-order valence-electron chi connectivity index (χ1n) is 5.08. The predicted octanol–water partition coefficient (Wildman–Crippen LogP) is 1.28. The van der Waals surface area contributed by atoms with Crippen molar-refractivity contribution < 1.29 is 4.79 Å². The Kier molecular flexibility index (Phi) is 6.59. The van der Waals surface area contributed by atoms with Gasteiger partial charge in [0.2, 0.25) is 5.91 Å². The van der Waals surface area contributed by atoms with E-state index < -0.39 is 0 Å². The maximum Gasteiger partial charge on any atom is 0.218 e. The molecule has 1 unspecified atom stereocenters. The summed E-state index contributed by atoms with van der Waals surface area (Å²) in [4.78, 5) is 10.7. The molecule has 0 saturated carbocycles. The van der Waals surface area contributed by atoms with Crippen LogP contribution >= 0.6 is 0 Å². The molecule has 0 aliphatic rings. The molecule has 1 amide bonds. The van der Waals surface area contributed by atoms with Crippen molar-refractivity contribution in [1.29, 1.82) is 0 Å². The molecule has 0 radical (unpaired) electrons. The van der Waals surface area contributed by atoms with Crippen LogP contribution in [0.5, 0.6) is 0 Å². The van der Waals surface area contributed by atoms with Gasteiger partial charge in [-0.1, -0.05) is 20.8 Å². The van der Waals surface area contributed by atoms with E-state index in [1.807, 2.05) is 0 Å². The van der Waals surface area contributed by atoms with Gasteiger partial charge in [0.25, 0.3) is 0 Å². The monoisotopic (exact) mass is 186 g/mol. The molecule has 0 bridgehead atoms. The fraction of sp³-hybridized carbons (Fsp3) is 0.900. The van der Waals surface area contributed by atoms with Crippen LogP contribution in [0.1, 0.15) is 40.0 Å². The molecule has 0 aromatic rings. The molecular weight excluding hydrogens is 164 g/mol. The predicted molar refractivity (Wildman–Crippen MR) is 55.3 cm³/mol. The summed E-state index contributed by atoms with van der Waals surface area (Å²) in [5, 5.41) is 3.33. The Bertz CT molecular complexity index is 146. The molecule has 0 spiro atoms. The van der Waals surface area contributed by atoms with E-state index in [1.54, 1.807) is 0 Å². The van der Waals surface area contributed by atoms with E-state index in [2.05, 4.69) is 26.1 Å². The number of amides is 1. The summed E-state index contributed by atoms with van der Waals surface area (Å²) < 4.78 is 0. The van der Waals surface area contributed by atoms with Crippen molar-refractivity contribution >= 4 is 5.91 Å². The van der Waals surface area contributed by atoms with Gasteiger partial charge in [-0.15, -0.1) is 0 Å². The summed E-state index contributed by atoms with van der Waals surface area (Å²) in [7, 11) is 0. The Hall–Kier alpha value is -0.570. The van der Waals surface area contributed by atoms with Crippen LogP contribution < -0.4 is 11.1 Å². The minimum Gasteiger partial charge on any atom is -0.370 e. The summed E-state index contributed by atoms with van der Waals surface area (Å²) in [6.45, 7) is 7.39. The molecule has 0 rings (SSSR count). The number of carbonyl (C=O) groups excluding carboxylic acids is 1. The number of hydrogen-bond donors (Lipinski definition) is 2. The summed E-state index contributed by atoms with van der Waals surface area (Å²) in [5.41, 5.74) is 5.16. The van der Waals surface area contributed by atoms with Gasteiger partial charge in [0.15, 0.2) is 0 Å². The molecule has 0 fully saturated rings.